The van der Waals surface area contributed by atoms with E-state index in [1.807, 2.05) is 0 Å². The smallest absolute Gasteiger partial charge is 0.237 e. The van der Waals surface area contributed by atoms with E-state index >= 15 is 0 Å². The molecule has 1 aromatic rings. The van der Waals surface area contributed by atoms with Gasteiger partial charge in [0.15, 0.2) is 0 Å². The average molecular weight is 226 g/mol. The SMILES string of the molecule is N/C(=N\N=C/c1c(O)cc(O)cc1O)NO. The molecule has 0 bridgehead atoms. The van der Waals surface area contributed by atoms with Crippen LogP contribution in [0.25, 0.3) is 0 Å². The summed E-state index contributed by atoms with van der Waals surface area (Å²) >= 11 is 0. The Bertz CT molecular complexity index is 421. The van der Waals surface area contributed by atoms with E-state index in [9.17, 15) is 10.2 Å². The lowest BCUT2D eigenvalue weighted by molar-refractivity contribution is 0.232. The van der Waals surface area contributed by atoms with Gasteiger partial charge >= 0.3 is 0 Å². The number of nitrogens with two attached hydrogens (primary N) is 1. The van der Waals surface area contributed by atoms with Crippen molar-refractivity contribution in [1.82, 2.24) is 5.48 Å². The Morgan fingerprint density at radius 1 is 1.25 bits per heavy atom. The highest BCUT2D eigenvalue weighted by Gasteiger charge is 2.06. The third-order valence-corrected chi connectivity index (χ3v) is 1.59. The molecular formula is C8H10N4O4. The van der Waals surface area contributed by atoms with Crippen molar-refractivity contribution in [2.45, 2.75) is 0 Å². The molecule has 0 heterocycles. The van der Waals surface area contributed by atoms with Gasteiger partial charge in [0.25, 0.3) is 0 Å². The van der Waals surface area contributed by atoms with E-state index < -0.39 is 0 Å². The lowest BCUT2D eigenvalue weighted by atomic mass is 10.2. The van der Waals surface area contributed by atoms with E-state index in [-0.39, 0.29) is 28.8 Å². The molecule has 0 aliphatic heterocycles. The van der Waals surface area contributed by atoms with E-state index in [0.717, 1.165) is 18.3 Å². The molecule has 1 aromatic carbocycles. The molecule has 0 atom stereocenters. The first-order chi connectivity index (χ1) is 7.54. The van der Waals surface area contributed by atoms with Gasteiger partial charge in [0.2, 0.25) is 5.96 Å². The minimum atomic E-state index is -0.369. The highest BCUT2D eigenvalue weighted by atomic mass is 16.5. The minimum absolute atomic E-state index is 0.0349. The average Bonchev–Trinajstić information content (AvgIpc) is 2.21. The van der Waals surface area contributed by atoms with E-state index in [0.29, 0.717) is 0 Å². The van der Waals surface area contributed by atoms with Gasteiger partial charge in [0, 0.05) is 12.1 Å². The fourth-order valence-electron chi connectivity index (χ4n) is 0.912. The van der Waals surface area contributed by atoms with Gasteiger partial charge in [-0.05, 0) is 0 Å². The first-order valence-electron chi connectivity index (χ1n) is 4.06. The summed E-state index contributed by atoms with van der Waals surface area (Å²) in [7, 11) is 0. The predicted octanol–water partition coefficient (Wildman–Crippen LogP) is -0.569. The molecule has 16 heavy (non-hydrogen) atoms. The monoisotopic (exact) mass is 226 g/mol. The van der Waals surface area contributed by atoms with Crippen molar-refractivity contribution in [3.63, 3.8) is 0 Å². The zero-order chi connectivity index (χ0) is 12.1. The summed E-state index contributed by atoms with van der Waals surface area (Å²) < 4.78 is 0. The number of nitrogens with zero attached hydrogens (tertiary/aromatic N) is 2. The third-order valence-electron chi connectivity index (χ3n) is 1.59. The standard InChI is InChI=1S/C8H10N4O4/c9-8(12-16)11-10-3-5-6(14)1-4(13)2-7(5)15/h1-3,13-16H,(H3,9,11,12)/b10-3-. The summed E-state index contributed by atoms with van der Waals surface area (Å²) in [5.74, 6) is -1.37. The second kappa shape index (κ2) is 4.84. The number of aromatic hydroxyl groups is 3. The summed E-state index contributed by atoms with van der Waals surface area (Å²) in [6.45, 7) is 0. The quantitative estimate of drug-likeness (QED) is 0.226. The molecule has 0 amide bonds. The summed E-state index contributed by atoms with van der Waals surface area (Å²) in [5.41, 5.74) is 6.55. The van der Waals surface area contributed by atoms with E-state index in [2.05, 4.69) is 10.2 Å². The fraction of sp³-hybridized carbons (Fsp3) is 0. The number of hydrogen-bond donors (Lipinski definition) is 6. The van der Waals surface area contributed by atoms with Crippen molar-refractivity contribution >= 4 is 12.2 Å². The van der Waals surface area contributed by atoms with Crippen LogP contribution in [0.4, 0.5) is 0 Å². The van der Waals surface area contributed by atoms with Crippen LogP contribution in [-0.2, 0) is 0 Å². The summed E-state index contributed by atoms with van der Waals surface area (Å²) in [6.07, 6.45) is 1.01. The number of benzene rings is 1. The predicted molar refractivity (Wildman–Crippen MR) is 55.6 cm³/mol. The molecule has 0 aliphatic rings. The first kappa shape index (κ1) is 11.6. The maximum atomic E-state index is 9.34. The van der Waals surface area contributed by atoms with Gasteiger partial charge in [-0.2, -0.15) is 5.10 Å². The molecule has 0 saturated carbocycles. The van der Waals surface area contributed by atoms with Crippen LogP contribution in [0.5, 0.6) is 17.2 Å². The maximum Gasteiger partial charge on any atom is 0.237 e. The van der Waals surface area contributed by atoms with Crippen molar-refractivity contribution in [3.05, 3.63) is 17.7 Å². The van der Waals surface area contributed by atoms with E-state index in [1.165, 1.54) is 5.48 Å². The first-order valence-corrected chi connectivity index (χ1v) is 4.06. The van der Waals surface area contributed by atoms with Crippen molar-refractivity contribution in [3.8, 4) is 17.2 Å². The highest BCUT2D eigenvalue weighted by molar-refractivity contribution is 5.88. The van der Waals surface area contributed by atoms with Crippen molar-refractivity contribution in [2.75, 3.05) is 0 Å². The Balaban J connectivity index is 2.98. The topological polar surface area (TPSA) is 144 Å². The van der Waals surface area contributed by atoms with Crippen molar-refractivity contribution in [2.24, 2.45) is 15.9 Å². The van der Waals surface area contributed by atoms with Crippen LogP contribution in [0.1, 0.15) is 5.56 Å². The number of guanidine groups is 1. The molecule has 0 radical (unpaired) electrons. The molecule has 0 aromatic heterocycles. The molecule has 8 nitrogen and oxygen atoms in total. The van der Waals surface area contributed by atoms with Gasteiger partial charge in [-0.1, -0.05) is 0 Å². The van der Waals surface area contributed by atoms with Gasteiger partial charge in [0.05, 0.1) is 11.8 Å². The van der Waals surface area contributed by atoms with Crippen molar-refractivity contribution < 1.29 is 20.5 Å². The summed E-state index contributed by atoms with van der Waals surface area (Å²) in [5, 5.41) is 42.6. The van der Waals surface area contributed by atoms with Gasteiger partial charge in [0.1, 0.15) is 17.2 Å². The minimum Gasteiger partial charge on any atom is -0.508 e. The molecule has 0 unspecified atom stereocenters. The molecule has 0 spiro atoms. The number of phenols is 3. The number of phenolic OH excluding ortho intramolecular Hbond substituents is 3. The number of hydroxylamine groups is 1. The number of hydrogen-bond acceptors (Lipinski definition) is 6. The number of rotatable bonds is 2. The molecule has 0 aliphatic carbocycles. The van der Waals surface area contributed by atoms with Crippen LogP contribution < -0.4 is 11.2 Å². The summed E-state index contributed by atoms with van der Waals surface area (Å²) in [4.78, 5) is 0. The van der Waals surface area contributed by atoms with Gasteiger partial charge in [-0.15, -0.1) is 5.10 Å². The second-order valence-electron chi connectivity index (χ2n) is 2.74. The lowest BCUT2D eigenvalue weighted by Gasteiger charge is -2.02. The largest absolute Gasteiger partial charge is 0.508 e. The highest BCUT2D eigenvalue weighted by Crippen LogP contribution is 2.30. The lowest BCUT2D eigenvalue weighted by Crippen LogP contribution is -2.27. The van der Waals surface area contributed by atoms with Crippen LogP contribution in [0.15, 0.2) is 22.3 Å². The van der Waals surface area contributed by atoms with Crippen molar-refractivity contribution in [1.29, 1.82) is 0 Å². The Morgan fingerprint density at radius 2 is 1.81 bits per heavy atom. The third kappa shape index (κ3) is 2.75. The Labute approximate surface area is 89.9 Å². The van der Waals surface area contributed by atoms with Gasteiger partial charge in [-0.3, -0.25) is 5.21 Å². The van der Waals surface area contributed by atoms with Crippen LogP contribution >= 0.6 is 0 Å². The Hall–Kier alpha value is -2.48. The van der Waals surface area contributed by atoms with Crippen LogP contribution in [-0.4, -0.2) is 32.7 Å². The van der Waals surface area contributed by atoms with Crippen LogP contribution in [0, 0.1) is 0 Å². The zero-order valence-electron chi connectivity index (χ0n) is 7.99. The van der Waals surface area contributed by atoms with E-state index in [1.54, 1.807) is 0 Å². The molecule has 1 rings (SSSR count). The fourth-order valence-corrected chi connectivity index (χ4v) is 0.912. The van der Waals surface area contributed by atoms with Gasteiger partial charge in [-0.25, -0.2) is 5.48 Å². The van der Waals surface area contributed by atoms with E-state index in [4.69, 9.17) is 16.0 Å². The molecule has 7 N–H and O–H groups in total. The summed E-state index contributed by atoms with van der Waals surface area (Å²) in [6, 6.07) is 2.05. The van der Waals surface area contributed by atoms with Crippen LogP contribution in [0.2, 0.25) is 0 Å². The maximum absolute atomic E-state index is 9.34. The molecule has 0 saturated heterocycles. The number of nitrogens with one attached hydrogen (secondary N) is 1. The Kier molecular flexibility index (Phi) is 3.51. The Morgan fingerprint density at radius 3 is 2.31 bits per heavy atom. The van der Waals surface area contributed by atoms with Gasteiger partial charge < -0.3 is 21.1 Å². The van der Waals surface area contributed by atoms with Crippen LogP contribution in [0.3, 0.4) is 0 Å². The zero-order valence-corrected chi connectivity index (χ0v) is 7.99. The molecular weight excluding hydrogens is 216 g/mol. The normalized spacial score (nSPS) is 11.9. The molecule has 86 valence electrons. The second-order valence-corrected chi connectivity index (χ2v) is 2.74. The molecule has 8 heteroatoms. The molecule has 0 fully saturated rings.